The highest BCUT2D eigenvalue weighted by Crippen LogP contribution is 2.04. The lowest BCUT2D eigenvalue weighted by molar-refractivity contribution is 0.363. The van der Waals surface area contributed by atoms with Crippen LogP contribution in [0.2, 0.25) is 0 Å². The first-order valence-electron chi connectivity index (χ1n) is 5.31. The van der Waals surface area contributed by atoms with Gasteiger partial charge in [-0.3, -0.25) is 0 Å². The molecule has 0 amide bonds. The van der Waals surface area contributed by atoms with Crippen LogP contribution in [-0.4, -0.2) is 38.4 Å². The molecule has 5 nitrogen and oxygen atoms in total. The molecule has 0 rings (SSSR count). The van der Waals surface area contributed by atoms with Gasteiger partial charge in [0.25, 0.3) is 10.2 Å². The van der Waals surface area contributed by atoms with Crippen LogP contribution in [0, 0.1) is 5.92 Å². The molecule has 92 valence electrons. The summed E-state index contributed by atoms with van der Waals surface area (Å²) in [6.07, 6.45) is 0. The van der Waals surface area contributed by atoms with Crippen molar-refractivity contribution in [2.45, 2.75) is 33.7 Å². The summed E-state index contributed by atoms with van der Waals surface area (Å²) in [5.74, 6) is 0.175. The van der Waals surface area contributed by atoms with Crippen LogP contribution in [0.3, 0.4) is 0 Å². The van der Waals surface area contributed by atoms with Gasteiger partial charge < -0.3 is 5.73 Å². The monoisotopic (exact) mass is 237 g/mol. The fraction of sp³-hybridized carbons (Fsp3) is 1.00. The maximum absolute atomic E-state index is 11.8. The molecular formula is C9H23N3O2S. The fourth-order valence-electron chi connectivity index (χ4n) is 1.19. The molecule has 6 heteroatoms. The normalized spacial score (nSPS) is 14.9. The zero-order valence-electron chi connectivity index (χ0n) is 10.0. The fourth-order valence-corrected chi connectivity index (χ4v) is 2.73. The van der Waals surface area contributed by atoms with Crippen LogP contribution < -0.4 is 10.5 Å². The van der Waals surface area contributed by atoms with E-state index in [4.69, 9.17) is 5.73 Å². The summed E-state index contributed by atoms with van der Waals surface area (Å²) in [4.78, 5) is 0. The van der Waals surface area contributed by atoms with Crippen LogP contribution in [0.5, 0.6) is 0 Å². The van der Waals surface area contributed by atoms with E-state index in [1.54, 1.807) is 13.8 Å². The van der Waals surface area contributed by atoms with Gasteiger partial charge in [0, 0.05) is 19.1 Å². The number of nitrogens with zero attached hydrogens (tertiary/aromatic N) is 1. The molecule has 0 bridgehead atoms. The minimum absolute atomic E-state index is 0.0859. The van der Waals surface area contributed by atoms with E-state index in [0.717, 1.165) is 0 Å². The van der Waals surface area contributed by atoms with Gasteiger partial charge in [0.15, 0.2) is 0 Å². The Hall–Kier alpha value is -0.170. The molecule has 0 aromatic heterocycles. The first kappa shape index (κ1) is 14.8. The lowest BCUT2D eigenvalue weighted by Crippen LogP contribution is -2.45. The predicted molar refractivity (Wildman–Crippen MR) is 62.7 cm³/mol. The molecule has 0 saturated carbocycles. The van der Waals surface area contributed by atoms with E-state index >= 15 is 0 Å². The average Bonchev–Trinajstić information content (AvgIpc) is 2.11. The van der Waals surface area contributed by atoms with Crippen molar-refractivity contribution in [2.24, 2.45) is 11.7 Å². The number of rotatable bonds is 7. The summed E-state index contributed by atoms with van der Waals surface area (Å²) in [7, 11) is -3.35. The predicted octanol–water partition coefficient (Wildman–Crippen LogP) is 0.146. The van der Waals surface area contributed by atoms with Crippen molar-refractivity contribution in [1.29, 1.82) is 0 Å². The Labute approximate surface area is 93.2 Å². The third kappa shape index (κ3) is 5.46. The molecule has 0 aliphatic rings. The Morgan fingerprint density at radius 2 is 1.87 bits per heavy atom. The van der Waals surface area contributed by atoms with Gasteiger partial charge in [0.05, 0.1) is 0 Å². The Kier molecular flexibility index (Phi) is 6.35. The van der Waals surface area contributed by atoms with Gasteiger partial charge in [0.1, 0.15) is 0 Å². The van der Waals surface area contributed by atoms with Gasteiger partial charge in [-0.05, 0) is 26.3 Å². The van der Waals surface area contributed by atoms with Crippen LogP contribution in [0.25, 0.3) is 0 Å². The lowest BCUT2D eigenvalue weighted by atomic mass is 10.2. The van der Waals surface area contributed by atoms with Gasteiger partial charge >= 0.3 is 0 Å². The number of hydrogen-bond donors (Lipinski definition) is 2. The molecule has 1 atom stereocenters. The minimum atomic E-state index is -3.35. The van der Waals surface area contributed by atoms with E-state index in [1.807, 2.05) is 13.8 Å². The maximum Gasteiger partial charge on any atom is 0.279 e. The first-order chi connectivity index (χ1) is 6.83. The van der Waals surface area contributed by atoms with Crippen molar-refractivity contribution in [1.82, 2.24) is 9.03 Å². The van der Waals surface area contributed by atoms with Crippen molar-refractivity contribution in [3.05, 3.63) is 0 Å². The van der Waals surface area contributed by atoms with Crippen molar-refractivity contribution in [3.8, 4) is 0 Å². The van der Waals surface area contributed by atoms with E-state index in [-0.39, 0.29) is 12.0 Å². The molecular weight excluding hydrogens is 214 g/mol. The number of hydrogen-bond acceptors (Lipinski definition) is 3. The van der Waals surface area contributed by atoms with Gasteiger partial charge in [0.2, 0.25) is 0 Å². The second-order valence-corrected chi connectivity index (χ2v) is 5.77. The Morgan fingerprint density at radius 3 is 2.20 bits per heavy atom. The quantitative estimate of drug-likeness (QED) is 0.661. The van der Waals surface area contributed by atoms with E-state index in [9.17, 15) is 8.42 Å². The third-order valence-corrected chi connectivity index (χ3v) is 3.85. The molecule has 0 fully saturated rings. The summed E-state index contributed by atoms with van der Waals surface area (Å²) >= 11 is 0. The van der Waals surface area contributed by atoms with Crippen LogP contribution in [0.4, 0.5) is 0 Å². The zero-order chi connectivity index (χ0) is 12.1. The molecule has 15 heavy (non-hydrogen) atoms. The SMILES string of the molecule is CCN(CC(C)CN)S(=O)(=O)NC(C)C. The molecule has 1 unspecified atom stereocenters. The summed E-state index contributed by atoms with van der Waals surface area (Å²) in [6.45, 7) is 8.79. The zero-order valence-corrected chi connectivity index (χ0v) is 10.8. The number of nitrogens with two attached hydrogens (primary N) is 1. The van der Waals surface area contributed by atoms with Gasteiger partial charge in [-0.25, -0.2) is 0 Å². The molecule has 0 aliphatic heterocycles. The van der Waals surface area contributed by atoms with E-state index in [1.165, 1.54) is 4.31 Å². The molecule has 0 heterocycles. The number of nitrogens with one attached hydrogen (secondary N) is 1. The van der Waals surface area contributed by atoms with Crippen molar-refractivity contribution < 1.29 is 8.42 Å². The van der Waals surface area contributed by atoms with Crippen molar-refractivity contribution >= 4 is 10.2 Å². The minimum Gasteiger partial charge on any atom is -0.330 e. The molecule has 3 N–H and O–H groups in total. The van der Waals surface area contributed by atoms with Crippen LogP contribution in [0.15, 0.2) is 0 Å². The summed E-state index contributed by atoms with van der Waals surface area (Å²) in [6, 6.07) is -0.0859. The highest BCUT2D eigenvalue weighted by Gasteiger charge is 2.22. The lowest BCUT2D eigenvalue weighted by Gasteiger charge is -2.24. The van der Waals surface area contributed by atoms with Crippen LogP contribution in [-0.2, 0) is 10.2 Å². The second kappa shape index (κ2) is 6.42. The molecule has 0 aromatic carbocycles. The first-order valence-corrected chi connectivity index (χ1v) is 6.75. The molecule has 0 aromatic rings. The van der Waals surface area contributed by atoms with Crippen molar-refractivity contribution in [3.63, 3.8) is 0 Å². The smallest absolute Gasteiger partial charge is 0.279 e. The highest BCUT2D eigenvalue weighted by molar-refractivity contribution is 7.87. The average molecular weight is 237 g/mol. The second-order valence-electron chi connectivity index (χ2n) is 4.07. The van der Waals surface area contributed by atoms with Gasteiger partial charge in [-0.15, -0.1) is 0 Å². The van der Waals surface area contributed by atoms with Crippen molar-refractivity contribution in [2.75, 3.05) is 19.6 Å². The van der Waals surface area contributed by atoms with Gasteiger partial charge in [-0.2, -0.15) is 17.4 Å². The standard InChI is InChI=1S/C9H23N3O2S/c1-5-12(7-9(4)6-10)15(13,14)11-8(2)3/h8-9,11H,5-7,10H2,1-4H3. The Bertz CT molecular complexity index is 265. The Balaban J connectivity index is 4.51. The molecule has 0 saturated heterocycles. The van der Waals surface area contributed by atoms with Crippen LogP contribution >= 0.6 is 0 Å². The summed E-state index contributed by atoms with van der Waals surface area (Å²) in [5.41, 5.74) is 5.48. The summed E-state index contributed by atoms with van der Waals surface area (Å²) < 4.78 is 27.6. The topological polar surface area (TPSA) is 75.4 Å². The summed E-state index contributed by atoms with van der Waals surface area (Å²) in [5, 5.41) is 0. The van der Waals surface area contributed by atoms with Crippen LogP contribution in [0.1, 0.15) is 27.7 Å². The third-order valence-electron chi connectivity index (χ3n) is 1.99. The Morgan fingerprint density at radius 1 is 1.33 bits per heavy atom. The largest absolute Gasteiger partial charge is 0.330 e. The molecule has 0 aliphatic carbocycles. The molecule has 0 radical (unpaired) electrons. The van der Waals surface area contributed by atoms with E-state index < -0.39 is 10.2 Å². The molecule has 0 spiro atoms. The van der Waals surface area contributed by atoms with Gasteiger partial charge in [-0.1, -0.05) is 13.8 Å². The maximum atomic E-state index is 11.8. The van der Waals surface area contributed by atoms with E-state index in [0.29, 0.717) is 19.6 Å². The highest BCUT2D eigenvalue weighted by atomic mass is 32.2. The van der Waals surface area contributed by atoms with E-state index in [2.05, 4.69) is 4.72 Å².